The Morgan fingerprint density at radius 3 is 2.79 bits per heavy atom. The Morgan fingerprint density at radius 1 is 1.47 bits per heavy atom. The molecule has 0 aromatic heterocycles. The van der Waals surface area contributed by atoms with Gasteiger partial charge < -0.3 is 5.73 Å². The molecule has 3 atom stereocenters. The predicted octanol–water partition coefficient (Wildman–Crippen LogP) is 3.85. The Kier molecular flexibility index (Phi) is 4.98. The lowest BCUT2D eigenvalue weighted by molar-refractivity contribution is 0.137. The maximum absolute atomic E-state index is 13.4. The summed E-state index contributed by atoms with van der Waals surface area (Å²) in [7, 11) is 0. The molecule has 0 aliphatic carbocycles. The van der Waals surface area contributed by atoms with Crippen molar-refractivity contribution < 1.29 is 4.39 Å². The van der Waals surface area contributed by atoms with Crippen LogP contribution in [0.1, 0.15) is 44.7 Å². The second-order valence-corrected chi connectivity index (χ2v) is 6.22. The van der Waals surface area contributed by atoms with E-state index in [1.807, 2.05) is 12.1 Å². The second kappa shape index (κ2) is 6.33. The van der Waals surface area contributed by atoms with Crippen LogP contribution in [0, 0.1) is 5.82 Å². The molecule has 1 aliphatic rings. The lowest BCUT2D eigenvalue weighted by Gasteiger charge is -2.35. The van der Waals surface area contributed by atoms with Gasteiger partial charge in [-0.3, -0.25) is 4.90 Å². The van der Waals surface area contributed by atoms with Crippen LogP contribution in [-0.2, 0) is 0 Å². The van der Waals surface area contributed by atoms with Crippen molar-refractivity contribution in [2.75, 3.05) is 6.54 Å². The van der Waals surface area contributed by atoms with Crippen molar-refractivity contribution in [1.29, 1.82) is 0 Å². The Labute approximate surface area is 123 Å². The first-order valence-electron chi connectivity index (χ1n) is 7.00. The summed E-state index contributed by atoms with van der Waals surface area (Å²) >= 11 is 3.27. The molecule has 1 fully saturated rings. The van der Waals surface area contributed by atoms with E-state index in [1.54, 1.807) is 0 Å². The molecule has 0 saturated carbocycles. The fraction of sp³-hybridized carbons (Fsp3) is 0.600. The molecular formula is C15H22BrFN2. The summed E-state index contributed by atoms with van der Waals surface area (Å²) in [5.74, 6) is -0.221. The van der Waals surface area contributed by atoms with E-state index in [0.717, 1.165) is 12.0 Å². The third-order valence-electron chi connectivity index (χ3n) is 4.23. The van der Waals surface area contributed by atoms with Crippen LogP contribution in [-0.4, -0.2) is 23.5 Å². The molecule has 106 valence electrons. The van der Waals surface area contributed by atoms with E-state index < -0.39 is 0 Å². The van der Waals surface area contributed by atoms with Crippen LogP contribution in [0.25, 0.3) is 0 Å². The summed E-state index contributed by atoms with van der Waals surface area (Å²) in [6.45, 7) is 5.06. The molecule has 4 heteroatoms. The van der Waals surface area contributed by atoms with Crippen molar-refractivity contribution in [3.8, 4) is 0 Å². The summed E-state index contributed by atoms with van der Waals surface area (Å²) in [5, 5.41) is 0. The molecule has 3 unspecified atom stereocenters. The lowest BCUT2D eigenvalue weighted by atomic mass is 10.0. The fourth-order valence-corrected chi connectivity index (χ4v) is 3.61. The molecule has 2 N–H and O–H groups in total. The molecular weight excluding hydrogens is 307 g/mol. The summed E-state index contributed by atoms with van der Waals surface area (Å²) in [4.78, 5) is 2.51. The third-order valence-corrected chi connectivity index (χ3v) is 4.84. The summed E-state index contributed by atoms with van der Waals surface area (Å²) in [5.41, 5.74) is 7.10. The minimum atomic E-state index is -0.221. The van der Waals surface area contributed by atoms with Gasteiger partial charge >= 0.3 is 0 Å². The Hall–Kier alpha value is -0.450. The number of benzene rings is 1. The van der Waals surface area contributed by atoms with Gasteiger partial charge in [0, 0.05) is 24.7 Å². The van der Waals surface area contributed by atoms with Crippen LogP contribution in [0.3, 0.4) is 0 Å². The normalized spacial score (nSPS) is 25.7. The number of hydrogen-bond acceptors (Lipinski definition) is 2. The van der Waals surface area contributed by atoms with Gasteiger partial charge in [0.2, 0.25) is 0 Å². The maximum atomic E-state index is 13.4. The van der Waals surface area contributed by atoms with Crippen molar-refractivity contribution in [1.82, 2.24) is 4.90 Å². The van der Waals surface area contributed by atoms with Crippen LogP contribution in [0.15, 0.2) is 22.7 Å². The standard InChI is InChI=1S/C15H22BrFN2/c1-3-12-6-4-10(2)19(12)15(9-18)11-5-7-14(17)13(16)8-11/h5,7-8,10,12,15H,3-4,6,9,18H2,1-2H3. The molecule has 0 spiro atoms. The highest BCUT2D eigenvalue weighted by atomic mass is 79.9. The van der Waals surface area contributed by atoms with Gasteiger partial charge in [-0.05, 0) is 59.8 Å². The zero-order valence-electron chi connectivity index (χ0n) is 11.6. The van der Waals surface area contributed by atoms with Crippen LogP contribution in [0.2, 0.25) is 0 Å². The third kappa shape index (κ3) is 3.01. The van der Waals surface area contributed by atoms with E-state index >= 15 is 0 Å². The van der Waals surface area contributed by atoms with Crippen LogP contribution in [0.5, 0.6) is 0 Å². The maximum Gasteiger partial charge on any atom is 0.137 e. The van der Waals surface area contributed by atoms with Crippen molar-refractivity contribution in [3.63, 3.8) is 0 Å². The van der Waals surface area contributed by atoms with Gasteiger partial charge in [-0.15, -0.1) is 0 Å². The average Bonchev–Trinajstić information content (AvgIpc) is 2.76. The molecule has 0 amide bonds. The van der Waals surface area contributed by atoms with Crippen LogP contribution >= 0.6 is 15.9 Å². The van der Waals surface area contributed by atoms with Crippen molar-refractivity contribution in [2.24, 2.45) is 5.73 Å². The van der Waals surface area contributed by atoms with Gasteiger partial charge in [0.15, 0.2) is 0 Å². The smallest absolute Gasteiger partial charge is 0.137 e. The largest absolute Gasteiger partial charge is 0.329 e. The highest BCUT2D eigenvalue weighted by Crippen LogP contribution is 2.35. The van der Waals surface area contributed by atoms with Gasteiger partial charge in [0.1, 0.15) is 5.82 Å². The molecule has 1 saturated heterocycles. The topological polar surface area (TPSA) is 29.3 Å². The van der Waals surface area contributed by atoms with Crippen molar-refractivity contribution >= 4 is 15.9 Å². The monoisotopic (exact) mass is 328 g/mol. The molecule has 1 aromatic rings. The summed E-state index contributed by atoms with van der Waals surface area (Å²) < 4.78 is 13.9. The van der Waals surface area contributed by atoms with Gasteiger partial charge in [-0.2, -0.15) is 0 Å². The zero-order valence-corrected chi connectivity index (χ0v) is 13.2. The van der Waals surface area contributed by atoms with E-state index in [2.05, 4.69) is 34.7 Å². The SMILES string of the molecule is CCC1CCC(C)N1C(CN)c1ccc(F)c(Br)c1. The predicted molar refractivity (Wildman–Crippen MR) is 80.5 cm³/mol. The van der Waals surface area contributed by atoms with Gasteiger partial charge in [0.25, 0.3) is 0 Å². The van der Waals surface area contributed by atoms with Gasteiger partial charge in [-0.25, -0.2) is 4.39 Å². The number of halogens is 2. The van der Waals surface area contributed by atoms with Gasteiger partial charge in [-0.1, -0.05) is 13.0 Å². The number of hydrogen-bond donors (Lipinski definition) is 1. The Morgan fingerprint density at radius 2 is 2.21 bits per heavy atom. The molecule has 1 heterocycles. The Bertz CT molecular complexity index is 438. The number of nitrogens with two attached hydrogens (primary N) is 1. The molecule has 1 aliphatic heterocycles. The number of likely N-dealkylation sites (tertiary alicyclic amines) is 1. The van der Waals surface area contributed by atoms with E-state index in [9.17, 15) is 4.39 Å². The van der Waals surface area contributed by atoms with Crippen molar-refractivity contribution in [3.05, 3.63) is 34.1 Å². The summed E-state index contributed by atoms with van der Waals surface area (Å²) in [6, 6.07) is 6.55. The van der Waals surface area contributed by atoms with Crippen LogP contribution < -0.4 is 5.73 Å². The molecule has 19 heavy (non-hydrogen) atoms. The van der Waals surface area contributed by atoms with E-state index in [4.69, 9.17) is 5.73 Å². The quantitative estimate of drug-likeness (QED) is 0.909. The van der Waals surface area contributed by atoms with Crippen LogP contribution in [0.4, 0.5) is 4.39 Å². The highest BCUT2D eigenvalue weighted by Gasteiger charge is 2.34. The fourth-order valence-electron chi connectivity index (χ4n) is 3.22. The molecule has 0 bridgehead atoms. The van der Waals surface area contributed by atoms with E-state index in [0.29, 0.717) is 23.1 Å². The van der Waals surface area contributed by atoms with E-state index in [1.165, 1.54) is 18.9 Å². The average molecular weight is 329 g/mol. The molecule has 0 radical (unpaired) electrons. The number of nitrogens with zero attached hydrogens (tertiary/aromatic N) is 1. The van der Waals surface area contributed by atoms with Gasteiger partial charge in [0.05, 0.1) is 4.47 Å². The lowest BCUT2D eigenvalue weighted by Crippen LogP contribution is -2.41. The first kappa shape index (κ1) is 14.9. The first-order valence-corrected chi connectivity index (χ1v) is 7.80. The highest BCUT2D eigenvalue weighted by molar-refractivity contribution is 9.10. The zero-order chi connectivity index (χ0) is 14.0. The van der Waals surface area contributed by atoms with Crippen molar-refractivity contribution in [2.45, 2.75) is 51.2 Å². The number of rotatable bonds is 4. The molecule has 1 aromatic carbocycles. The second-order valence-electron chi connectivity index (χ2n) is 5.36. The molecule has 2 nitrogen and oxygen atoms in total. The minimum Gasteiger partial charge on any atom is -0.329 e. The Balaban J connectivity index is 2.30. The molecule has 2 rings (SSSR count). The van der Waals surface area contributed by atoms with E-state index in [-0.39, 0.29) is 11.9 Å². The summed E-state index contributed by atoms with van der Waals surface area (Å²) in [6.07, 6.45) is 3.59. The minimum absolute atomic E-state index is 0.180. The first-order chi connectivity index (χ1) is 9.08.